The Balaban J connectivity index is 1.70. The first-order chi connectivity index (χ1) is 11.1. The summed E-state index contributed by atoms with van der Waals surface area (Å²) in [5.41, 5.74) is 1.84. The number of fused-ring (bicyclic) bond motifs is 1. The number of hydrogen-bond acceptors (Lipinski definition) is 3. The molecule has 120 valence electrons. The summed E-state index contributed by atoms with van der Waals surface area (Å²) in [4.78, 5) is 18.4. The van der Waals surface area contributed by atoms with Crippen molar-refractivity contribution < 1.29 is 9.21 Å². The molecule has 0 radical (unpaired) electrons. The molecule has 0 aliphatic carbocycles. The lowest BCUT2D eigenvalue weighted by molar-refractivity contribution is 0.0756. The first-order valence-corrected chi connectivity index (χ1v) is 7.85. The van der Waals surface area contributed by atoms with Crippen LogP contribution < -0.4 is 0 Å². The number of para-hydroxylation sites is 1. The zero-order chi connectivity index (χ0) is 16.4. The van der Waals surface area contributed by atoms with Gasteiger partial charge in [-0.05, 0) is 24.4 Å². The van der Waals surface area contributed by atoms with Crippen molar-refractivity contribution in [3.05, 3.63) is 53.9 Å². The van der Waals surface area contributed by atoms with Crippen LogP contribution in [0.3, 0.4) is 0 Å². The number of carbonyl (C=O) groups is 1. The third-order valence-corrected chi connectivity index (χ3v) is 4.04. The Morgan fingerprint density at radius 3 is 2.83 bits per heavy atom. The molecule has 0 saturated carbocycles. The van der Waals surface area contributed by atoms with Gasteiger partial charge in [-0.2, -0.15) is 0 Å². The van der Waals surface area contributed by atoms with Gasteiger partial charge in [0.25, 0.3) is 5.91 Å². The topological polar surface area (TPSA) is 51.3 Å². The number of amides is 1. The van der Waals surface area contributed by atoms with Crippen LogP contribution in [0.15, 0.2) is 40.9 Å². The molecule has 0 aliphatic heterocycles. The Labute approximate surface area is 135 Å². The average molecular weight is 311 g/mol. The van der Waals surface area contributed by atoms with Crippen LogP contribution >= 0.6 is 0 Å². The van der Waals surface area contributed by atoms with Gasteiger partial charge >= 0.3 is 0 Å². The van der Waals surface area contributed by atoms with Crippen LogP contribution in [0.25, 0.3) is 10.9 Å². The second kappa shape index (κ2) is 6.28. The Morgan fingerprint density at radius 2 is 2.09 bits per heavy atom. The van der Waals surface area contributed by atoms with Crippen LogP contribution in [0.1, 0.15) is 29.1 Å². The summed E-state index contributed by atoms with van der Waals surface area (Å²) < 4.78 is 7.70. The highest BCUT2D eigenvalue weighted by Gasteiger charge is 2.20. The molecule has 5 nitrogen and oxygen atoms in total. The van der Waals surface area contributed by atoms with E-state index in [4.69, 9.17) is 4.42 Å². The molecule has 0 atom stereocenters. The second-order valence-electron chi connectivity index (χ2n) is 5.67. The normalized spacial score (nSPS) is 11.1. The number of nitrogens with zero attached hydrogens (tertiary/aromatic N) is 3. The fourth-order valence-electron chi connectivity index (χ4n) is 2.67. The van der Waals surface area contributed by atoms with E-state index < -0.39 is 0 Å². The summed E-state index contributed by atoms with van der Waals surface area (Å²) in [6, 6.07) is 10.3. The second-order valence-corrected chi connectivity index (χ2v) is 5.67. The molecule has 3 rings (SSSR count). The molecule has 3 aromatic rings. The predicted octanol–water partition coefficient (Wildman–Crippen LogP) is 3.27. The van der Waals surface area contributed by atoms with Crippen molar-refractivity contribution in [2.24, 2.45) is 0 Å². The summed E-state index contributed by atoms with van der Waals surface area (Å²) in [7, 11) is 1.79. The first-order valence-electron chi connectivity index (χ1n) is 7.85. The molecular formula is C18H21N3O2. The smallest absolute Gasteiger partial charge is 0.291 e. The molecule has 0 aliphatic rings. The minimum Gasteiger partial charge on any atom is -0.435 e. The number of carbonyl (C=O) groups excluding carboxylic acids is 1. The molecule has 0 N–H and O–H groups in total. The van der Waals surface area contributed by atoms with Gasteiger partial charge in [0, 0.05) is 38.3 Å². The van der Waals surface area contributed by atoms with E-state index >= 15 is 0 Å². The minimum atomic E-state index is -0.119. The van der Waals surface area contributed by atoms with Gasteiger partial charge in [0.15, 0.2) is 5.89 Å². The van der Waals surface area contributed by atoms with Crippen molar-refractivity contribution in [1.29, 1.82) is 0 Å². The number of aryl methyl sites for hydroxylation is 2. The maximum Gasteiger partial charge on any atom is 0.291 e. The van der Waals surface area contributed by atoms with Gasteiger partial charge in [0.05, 0.1) is 5.69 Å². The summed E-state index contributed by atoms with van der Waals surface area (Å²) in [5, 5.41) is 1.21. The van der Waals surface area contributed by atoms with E-state index in [0.717, 1.165) is 6.54 Å². The van der Waals surface area contributed by atoms with Crippen LogP contribution in [0.2, 0.25) is 0 Å². The molecule has 2 heterocycles. The van der Waals surface area contributed by atoms with Gasteiger partial charge in [0.1, 0.15) is 0 Å². The van der Waals surface area contributed by atoms with E-state index in [1.54, 1.807) is 11.9 Å². The number of likely N-dealkylation sites (N-methyl/N-ethyl adjacent to an activating group) is 1. The maximum atomic E-state index is 12.5. The maximum absolute atomic E-state index is 12.5. The van der Waals surface area contributed by atoms with Gasteiger partial charge in [-0.15, -0.1) is 0 Å². The van der Waals surface area contributed by atoms with Crippen molar-refractivity contribution in [3.63, 3.8) is 0 Å². The van der Waals surface area contributed by atoms with E-state index in [9.17, 15) is 4.79 Å². The summed E-state index contributed by atoms with van der Waals surface area (Å²) in [5.74, 6) is 0.837. The standard InChI is InChI=1S/C18H21N3O2/c1-4-16-19-13(2)17(23-16)18(22)20(3)11-12-21-10-9-14-7-5-6-8-15(14)21/h5-10H,4,11-12H2,1-3H3. The van der Waals surface area contributed by atoms with Crippen LogP contribution in [0, 0.1) is 6.92 Å². The fourth-order valence-corrected chi connectivity index (χ4v) is 2.67. The first kappa shape index (κ1) is 15.3. The number of hydrogen-bond donors (Lipinski definition) is 0. The van der Waals surface area contributed by atoms with Crippen molar-refractivity contribution >= 4 is 16.8 Å². The number of oxazole rings is 1. The summed E-state index contributed by atoms with van der Waals surface area (Å²) in [6.45, 7) is 5.12. The van der Waals surface area contributed by atoms with Crippen LogP contribution in [-0.2, 0) is 13.0 Å². The highest BCUT2D eigenvalue weighted by atomic mass is 16.4. The molecule has 0 saturated heterocycles. The minimum absolute atomic E-state index is 0.119. The molecule has 5 heteroatoms. The highest BCUT2D eigenvalue weighted by molar-refractivity contribution is 5.92. The van der Waals surface area contributed by atoms with E-state index in [1.807, 2.05) is 26.0 Å². The van der Waals surface area contributed by atoms with Gasteiger partial charge in [0.2, 0.25) is 5.76 Å². The van der Waals surface area contributed by atoms with Gasteiger partial charge in [-0.25, -0.2) is 4.98 Å². The third-order valence-electron chi connectivity index (χ3n) is 4.04. The van der Waals surface area contributed by atoms with Crippen molar-refractivity contribution in [3.8, 4) is 0 Å². The Hall–Kier alpha value is -2.56. The Kier molecular flexibility index (Phi) is 4.19. The average Bonchev–Trinajstić information content (AvgIpc) is 3.15. The summed E-state index contributed by atoms with van der Waals surface area (Å²) in [6.07, 6.45) is 2.74. The quantitative estimate of drug-likeness (QED) is 0.726. The number of benzene rings is 1. The largest absolute Gasteiger partial charge is 0.435 e. The van der Waals surface area contributed by atoms with E-state index in [0.29, 0.717) is 30.3 Å². The molecule has 0 spiro atoms. The van der Waals surface area contributed by atoms with Crippen LogP contribution in [0.4, 0.5) is 0 Å². The van der Waals surface area contributed by atoms with Crippen LogP contribution in [0.5, 0.6) is 0 Å². The van der Waals surface area contributed by atoms with E-state index in [2.05, 4.69) is 33.9 Å². The van der Waals surface area contributed by atoms with E-state index in [1.165, 1.54) is 10.9 Å². The van der Waals surface area contributed by atoms with Gasteiger partial charge in [-0.3, -0.25) is 4.79 Å². The van der Waals surface area contributed by atoms with Gasteiger partial charge in [-0.1, -0.05) is 25.1 Å². The fraction of sp³-hybridized carbons (Fsp3) is 0.333. The zero-order valence-electron chi connectivity index (χ0n) is 13.7. The molecule has 23 heavy (non-hydrogen) atoms. The molecule has 0 unspecified atom stereocenters. The Bertz CT molecular complexity index is 832. The SMILES string of the molecule is CCc1nc(C)c(C(=O)N(C)CCn2ccc3ccccc32)o1. The van der Waals surface area contributed by atoms with Crippen molar-refractivity contribution in [2.45, 2.75) is 26.8 Å². The van der Waals surface area contributed by atoms with Gasteiger partial charge < -0.3 is 13.9 Å². The number of aromatic nitrogens is 2. The number of rotatable bonds is 5. The lowest BCUT2D eigenvalue weighted by Gasteiger charge is -2.16. The predicted molar refractivity (Wildman–Crippen MR) is 89.5 cm³/mol. The van der Waals surface area contributed by atoms with Crippen LogP contribution in [-0.4, -0.2) is 34.0 Å². The van der Waals surface area contributed by atoms with Crippen molar-refractivity contribution in [1.82, 2.24) is 14.5 Å². The molecule has 1 aromatic carbocycles. The van der Waals surface area contributed by atoms with Crippen molar-refractivity contribution in [2.75, 3.05) is 13.6 Å². The Morgan fingerprint density at radius 1 is 1.30 bits per heavy atom. The molecule has 2 aromatic heterocycles. The molecular weight excluding hydrogens is 290 g/mol. The van der Waals surface area contributed by atoms with E-state index in [-0.39, 0.29) is 5.91 Å². The molecule has 1 amide bonds. The summed E-state index contributed by atoms with van der Waals surface area (Å²) >= 11 is 0. The monoisotopic (exact) mass is 311 g/mol. The lowest BCUT2D eigenvalue weighted by atomic mass is 10.2. The third kappa shape index (κ3) is 2.99. The molecule has 0 fully saturated rings. The highest BCUT2D eigenvalue weighted by Crippen LogP contribution is 2.16. The molecule has 0 bridgehead atoms. The zero-order valence-corrected chi connectivity index (χ0v) is 13.7. The lowest BCUT2D eigenvalue weighted by Crippen LogP contribution is -2.30.